The van der Waals surface area contributed by atoms with Crippen LogP contribution in [0.3, 0.4) is 0 Å². The molecule has 0 atom stereocenters. The zero-order valence-corrected chi connectivity index (χ0v) is 14.6. The van der Waals surface area contributed by atoms with E-state index in [9.17, 15) is 5.11 Å². The maximum Gasteiger partial charge on any atom is 0.221 e. The van der Waals surface area contributed by atoms with E-state index in [1.165, 1.54) is 0 Å². The van der Waals surface area contributed by atoms with E-state index in [2.05, 4.69) is 9.97 Å². The molecule has 0 radical (unpaired) electrons. The number of hydrogen-bond acceptors (Lipinski definition) is 5. The van der Waals surface area contributed by atoms with Crippen molar-refractivity contribution in [3.8, 4) is 28.3 Å². The van der Waals surface area contributed by atoms with Crippen LogP contribution < -0.4 is 5.73 Å². The van der Waals surface area contributed by atoms with Crippen molar-refractivity contribution in [2.75, 3.05) is 5.73 Å². The lowest BCUT2D eigenvalue weighted by atomic mass is 10.0. The third kappa shape index (κ3) is 2.73. The van der Waals surface area contributed by atoms with E-state index in [-0.39, 0.29) is 5.95 Å². The predicted octanol–water partition coefficient (Wildman–Crippen LogP) is 4.26. The first-order valence-corrected chi connectivity index (χ1v) is 8.33. The summed E-state index contributed by atoms with van der Waals surface area (Å²) in [7, 11) is 0. The topological polar surface area (TPSA) is 84.9 Å². The Balaban J connectivity index is 1.96. The summed E-state index contributed by atoms with van der Waals surface area (Å²) in [6.45, 7) is 3.76. The molecule has 0 fully saturated rings. The summed E-state index contributed by atoms with van der Waals surface area (Å²) in [6.07, 6.45) is 0. The standard InChI is InChI=1S/C21H18N4O/c1-12-10-15(11-13(2)20(12)26)16-8-9-17-19(23-16)18(25-21(22)24-17)14-6-4-3-5-7-14/h3-11,26H,1-2H3,(H2,22,24,25). The number of phenols is 1. The van der Waals surface area contributed by atoms with Gasteiger partial charge in [0.1, 0.15) is 17.0 Å². The highest BCUT2D eigenvalue weighted by Gasteiger charge is 2.13. The van der Waals surface area contributed by atoms with E-state index in [4.69, 9.17) is 10.7 Å². The minimum atomic E-state index is 0.224. The summed E-state index contributed by atoms with van der Waals surface area (Å²) in [6, 6.07) is 17.5. The van der Waals surface area contributed by atoms with Crippen molar-refractivity contribution in [1.82, 2.24) is 15.0 Å². The normalized spacial score (nSPS) is 11.0. The number of phenolic OH excluding ortho intramolecular Hbond substituents is 1. The van der Waals surface area contributed by atoms with Gasteiger partial charge >= 0.3 is 0 Å². The van der Waals surface area contributed by atoms with Crippen molar-refractivity contribution in [1.29, 1.82) is 0 Å². The van der Waals surface area contributed by atoms with Crippen molar-refractivity contribution in [3.05, 3.63) is 65.7 Å². The number of aryl methyl sites for hydroxylation is 2. The van der Waals surface area contributed by atoms with Gasteiger partial charge in [0.25, 0.3) is 0 Å². The molecule has 26 heavy (non-hydrogen) atoms. The van der Waals surface area contributed by atoms with E-state index >= 15 is 0 Å². The molecule has 5 nitrogen and oxygen atoms in total. The second-order valence-corrected chi connectivity index (χ2v) is 6.32. The summed E-state index contributed by atoms with van der Waals surface area (Å²) < 4.78 is 0. The number of fused-ring (bicyclic) bond motifs is 1. The number of rotatable bonds is 2. The fourth-order valence-corrected chi connectivity index (χ4v) is 3.09. The number of hydrogen-bond donors (Lipinski definition) is 2. The zero-order chi connectivity index (χ0) is 18.3. The zero-order valence-electron chi connectivity index (χ0n) is 14.6. The number of aromatic hydroxyl groups is 1. The van der Waals surface area contributed by atoms with E-state index in [1.54, 1.807) is 0 Å². The average Bonchev–Trinajstić information content (AvgIpc) is 2.65. The smallest absolute Gasteiger partial charge is 0.221 e. The largest absolute Gasteiger partial charge is 0.507 e. The first kappa shape index (κ1) is 16.0. The highest BCUT2D eigenvalue weighted by Crippen LogP contribution is 2.31. The van der Waals surface area contributed by atoms with Crippen LogP contribution in [-0.4, -0.2) is 20.1 Å². The van der Waals surface area contributed by atoms with Crippen LogP contribution in [0, 0.1) is 13.8 Å². The molecule has 128 valence electrons. The van der Waals surface area contributed by atoms with E-state index < -0.39 is 0 Å². The van der Waals surface area contributed by atoms with Crippen LogP contribution in [0.2, 0.25) is 0 Å². The van der Waals surface area contributed by atoms with Gasteiger partial charge in [0.2, 0.25) is 5.95 Å². The maximum absolute atomic E-state index is 10.0. The number of benzene rings is 2. The fraction of sp³-hybridized carbons (Fsp3) is 0.0952. The Bertz CT molecular complexity index is 1100. The molecule has 0 saturated carbocycles. The molecule has 5 heteroatoms. The number of nitrogen functional groups attached to an aromatic ring is 1. The molecule has 0 saturated heterocycles. The Kier molecular flexibility index (Phi) is 3.77. The van der Waals surface area contributed by atoms with Gasteiger partial charge in [0.15, 0.2) is 0 Å². The minimum Gasteiger partial charge on any atom is -0.507 e. The van der Waals surface area contributed by atoms with Crippen LogP contribution in [0.5, 0.6) is 5.75 Å². The third-order valence-corrected chi connectivity index (χ3v) is 4.39. The van der Waals surface area contributed by atoms with Gasteiger partial charge in [-0.3, -0.25) is 0 Å². The molecule has 0 unspecified atom stereocenters. The second-order valence-electron chi connectivity index (χ2n) is 6.32. The van der Waals surface area contributed by atoms with Crippen LogP contribution in [0.4, 0.5) is 5.95 Å². The molecule has 2 aromatic heterocycles. The van der Waals surface area contributed by atoms with Crippen LogP contribution in [0.1, 0.15) is 11.1 Å². The van der Waals surface area contributed by atoms with Gasteiger partial charge in [0, 0.05) is 11.1 Å². The lowest BCUT2D eigenvalue weighted by molar-refractivity contribution is 0.467. The van der Waals surface area contributed by atoms with Crippen molar-refractivity contribution >= 4 is 17.0 Å². The Morgan fingerprint density at radius 1 is 0.808 bits per heavy atom. The van der Waals surface area contributed by atoms with E-state index in [0.29, 0.717) is 22.5 Å². The molecular weight excluding hydrogens is 324 g/mol. The number of anilines is 1. The molecule has 0 bridgehead atoms. The Hall–Kier alpha value is -3.47. The monoisotopic (exact) mass is 342 g/mol. The van der Waals surface area contributed by atoms with Gasteiger partial charge < -0.3 is 10.8 Å². The molecule has 2 aromatic carbocycles. The summed E-state index contributed by atoms with van der Waals surface area (Å²) in [5.41, 5.74) is 12.3. The van der Waals surface area contributed by atoms with Gasteiger partial charge in [-0.25, -0.2) is 15.0 Å². The molecule has 2 heterocycles. The molecular formula is C21H18N4O. The first-order valence-electron chi connectivity index (χ1n) is 8.33. The third-order valence-electron chi connectivity index (χ3n) is 4.39. The van der Waals surface area contributed by atoms with Crippen LogP contribution in [-0.2, 0) is 0 Å². The number of pyridine rings is 1. The van der Waals surface area contributed by atoms with Gasteiger partial charge in [0.05, 0.1) is 11.2 Å². The summed E-state index contributed by atoms with van der Waals surface area (Å²) >= 11 is 0. The number of aromatic nitrogens is 3. The highest BCUT2D eigenvalue weighted by molar-refractivity contribution is 5.91. The fourth-order valence-electron chi connectivity index (χ4n) is 3.09. The maximum atomic E-state index is 10.0. The van der Waals surface area contributed by atoms with Crippen molar-refractivity contribution < 1.29 is 5.11 Å². The van der Waals surface area contributed by atoms with Gasteiger partial charge in [-0.2, -0.15) is 0 Å². The van der Waals surface area contributed by atoms with Crippen LogP contribution in [0.25, 0.3) is 33.5 Å². The van der Waals surface area contributed by atoms with E-state index in [1.807, 2.05) is 68.4 Å². The Labute approximate surface area is 151 Å². The van der Waals surface area contributed by atoms with Crippen molar-refractivity contribution in [2.45, 2.75) is 13.8 Å². The van der Waals surface area contributed by atoms with Gasteiger partial charge in [-0.05, 0) is 49.2 Å². The number of nitrogens with zero attached hydrogens (tertiary/aromatic N) is 3. The molecule has 4 rings (SSSR count). The predicted molar refractivity (Wildman–Crippen MR) is 104 cm³/mol. The second kappa shape index (κ2) is 6.11. The van der Waals surface area contributed by atoms with Crippen molar-refractivity contribution in [2.24, 2.45) is 0 Å². The molecule has 0 aliphatic rings. The molecule has 4 aromatic rings. The first-order chi connectivity index (χ1) is 12.5. The summed E-state index contributed by atoms with van der Waals surface area (Å²) in [5, 5.41) is 10.0. The SMILES string of the molecule is Cc1cc(-c2ccc3nc(N)nc(-c4ccccc4)c3n2)cc(C)c1O. The molecule has 0 aliphatic heterocycles. The average molecular weight is 342 g/mol. The lowest BCUT2D eigenvalue weighted by Gasteiger charge is -2.10. The molecule has 0 amide bonds. The number of nitrogens with two attached hydrogens (primary N) is 1. The summed E-state index contributed by atoms with van der Waals surface area (Å²) in [4.78, 5) is 13.5. The highest BCUT2D eigenvalue weighted by atomic mass is 16.3. The quantitative estimate of drug-likeness (QED) is 0.568. The van der Waals surface area contributed by atoms with Gasteiger partial charge in [-0.1, -0.05) is 30.3 Å². The lowest BCUT2D eigenvalue weighted by Crippen LogP contribution is -2.00. The van der Waals surface area contributed by atoms with Crippen LogP contribution in [0.15, 0.2) is 54.6 Å². The Morgan fingerprint density at radius 3 is 2.19 bits per heavy atom. The van der Waals surface area contributed by atoms with E-state index in [0.717, 1.165) is 27.9 Å². The Morgan fingerprint density at radius 2 is 1.50 bits per heavy atom. The molecule has 0 spiro atoms. The summed E-state index contributed by atoms with van der Waals surface area (Å²) in [5.74, 6) is 0.540. The van der Waals surface area contributed by atoms with Crippen LogP contribution >= 0.6 is 0 Å². The van der Waals surface area contributed by atoms with Crippen molar-refractivity contribution in [3.63, 3.8) is 0 Å². The molecule has 0 aliphatic carbocycles. The molecule has 3 N–H and O–H groups in total. The minimum absolute atomic E-state index is 0.224. The van der Waals surface area contributed by atoms with Gasteiger partial charge in [-0.15, -0.1) is 0 Å².